The number of guanidine groups is 1. The Morgan fingerprint density at radius 2 is 1.76 bits per heavy atom. The van der Waals surface area contributed by atoms with E-state index in [0.717, 1.165) is 5.56 Å². The fourth-order valence-corrected chi connectivity index (χ4v) is 4.17. The van der Waals surface area contributed by atoms with Gasteiger partial charge in [0.25, 0.3) is 0 Å². The minimum atomic E-state index is -3.89. The van der Waals surface area contributed by atoms with Crippen molar-refractivity contribution in [2.24, 2.45) is 21.6 Å². The SMILES string of the molecule is C=C(NCC(=O)NCc1ccc(N=C(N)N)cc1)C(CO)NS(=O)(=O)Cc1cccc(N=O)c1. The van der Waals surface area contributed by atoms with Crippen molar-refractivity contribution in [3.63, 3.8) is 0 Å². The summed E-state index contributed by atoms with van der Waals surface area (Å²) in [6.07, 6.45) is 0. The lowest BCUT2D eigenvalue weighted by Crippen LogP contribution is -2.44. The third kappa shape index (κ3) is 8.97. The van der Waals surface area contributed by atoms with Crippen molar-refractivity contribution in [1.29, 1.82) is 0 Å². The van der Waals surface area contributed by atoms with Gasteiger partial charge in [-0.15, -0.1) is 4.91 Å². The van der Waals surface area contributed by atoms with E-state index in [-0.39, 0.29) is 36.3 Å². The zero-order chi connectivity index (χ0) is 25.1. The number of amides is 1. The number of sulfonamides is 1. The molecule has 0 saturated carbocycles. The predicted molar refractivity (Wildman–Crippen MR) is 129 cm³/mol. The summed E-state index contributed by atoms with van der Waals surface area (Å²) in [5.41, 5.74) is 12.6. The summed E-state index contributed by atoms with van der Waals surface area (Å²) in [5.74, 6) is -0.852. The smallest absolute Gasteiger partial charge is 0.239 e. The Morgan fingerprint density at radius 1 is 1.06 bits per heavy atom. The van der Waals surface area contributed by atoms with E-state index in [1.165, 1.54) is 24.3 Å². The fourth-order valence-electron chi connectivity index (χ4n) is 2.82. The zero-order valence-corrected chi connectivity index (χ0v) is 19.1. The number of carbonyl (C=O) groups is 1. The second kappa shape index (κ2) is 12.4. The minimum absolute atomic E-state index is 0.0553. The number of aliphatic hydroxyl groups excluding tert-OH is 1. The first-order chi connectivity index (χ1) is 16.1. The summed E-state index contributed by atoms with van der Waals surface area (Å²) in [4.78, 5) is 26.7. The van der Waals surface area contributed by atoms with Crippen LogP contribution in [0.2, 0.25) is 0 Å². The molecule has 13 heteroatoms. The molecule has 0 aromatic heterocycles. The van der Waals surface area contributed by atoms with Crippen molar-refractivity contribution in [2.75, 3.05) is 13.2 Å². The van der Waals surface area contributed by atoms with Crippen molar-refractivity contribution in [2.45, 2.75) is 18.3 Å². The number of aliphatic imine (C=N–C) groups is 1. The summed E-state index contributed by atoms with van der Waals surface area (Å²) < 4.78 is 27.2. The molecular weight excluding hydrogens is 462 g/mol. The van der Waals surface area contributed by atoms with Crippen LogP contribution in [0.1, 0.15) is 11.1 Å². The van der Waals surface area contributed by atoms with Crippen LogP contribution >= 0.6 is 0 Å². The number of nitroso groups, excluding NO2 is 1. The van der Waals surface area contributed by atoms with Gasteiger partial charge in [0.15, 0.2) is 5.96 Å². The summed E-state index contributed by atoms with van der Waals surface area (Å²) in [7, 11) is -3.89. The standard InChI is InChI=1S/C21H27N7O5S/c1-14(19(12-29)28-34(32,33)13-16-3-2-4-18(9-16)27-31)24-11-20(30)25-10-15-5-7-17(8-6-15)26-21(22)23/h2-9,19,24,28-29H,1,10-13H2,(H,25,30)(H4,22,23,26). The quantitative estimate of drug-likeness (QED) is 0.130. The number of nitrogens with zero attached hydrogens (tertiary/aromatic N) is 2. The molecule has 0 radical (unpaired) electrons. The van der Waals surface area contributed by atoms with Crippen LogP contribution in [-0.2, 0) is 27.1 Å². The highest BCUT2D eigenvalue weighted by Gasteiger charge is 2.21. The van der Waals surface area contributed by atoms with Crippen LogP contribution in [-0.4, -0.2) is 44.6 Å². The van der Waals surface area contributed by atoms with Crippen LogP contribution in [0.4, 0.5) is 11.4 Å². The first-order valence-electron chi connectivity index (χ1n) is 10.0. The molecule has 8 N–H and O–H groups in total. The Labute approximate surface area is 197 Å². The molecular formula is C21H27N7O5S. The van der Waals surface area contributed by atoms with Gasteiger partial charge in [0.05, 0.1) is 30.6 Å². The largest absolute Gasteiger partial charge is 0.394 e. The maximum atomic E-state index is 12.5. The predicted octanol–water partition coefficient (Wildman–Crippen LogP) is 0.189. The molecule has 0 aliphatic carbocycles. The van der Waals surface area contributed by atoms with Gasteiger partial charge in [-0.2, -0.15) is 0 Å². The molecule has 1 atom stereocenters. The Morgan fingerprint density at radius 3 is 2.38 bits per heavy atom. The molecule has 0 aliphatic heterocycles. The highest BCUT2D eigenvalue weighted by atomic mass is 32.2. The molecule has 0 bridgehead atoms. The lowest BCUT2D eigenvalue weighted by Gasteiger charge is -2.20. The van der Waals surface area contributed by atoms with Crippen LogP contribution in [0.25, 0.3) is 0 Å². The van der Waals surface area contributed by atoms with Gasteiger partial charge in [-0.3, -0.25) is 4.79 Å². The number of benzene rings is 2. The molecule has 1 unspecified atom stereocenters. The molecule has 182 valence electrons. The summed E-state index contributed by atoms with van der Waals surface area (Å²) in [5, 5.41) is 17.8. The Kier molecular flexibility index (Phi) is 9.67. The molecule has 0 aliphatic rings. The van der Waals surface area contributed by atoms with E-state index in [0.29, 0.717) is 11.3 Å². The van der Waals surface area contributed by atoms with Gasteiger partial charge < -0.3 is 27.2 Å². The maximum absolute atomic E-state index is 12.5. The monoisotopic (exact) mass is 489 g/mol. The normalized spacial score (nSPS) is 11.8. The first kappa shape index (κ1) is 26.4. The van der Waals surface area contributed by atoms with Gasteiger partial charge >= 0.3 is 0 Å². The van der Waals surface area contributed by atoms with E-state index in [1.54, 1.807) is 24.3 Å². The fraction of sp³-hybridized carbons (Fsp3) is 0.238. The Hall–Kier alpha value is -3.81. The van der Waals surface area contributed by atoms with Crippen molar-refractivity contribution in [1.82, 2.24) is 15.4 Å². The lowest BCUT2D eigenvalue weighted by atomic mass is 10.2. The second-order valence-electron chi connectivity index (χ2n) is 7.23. The van der Waals surface area contributed by atoms with Gasteiger partial charge in [-0.1, -0.05) is 30.8 Å². The summed E-state index contributed by atoms with van der Waals surface area (Å²) >= 11 is 0. The molecule has 0 fully saturated rings. The number of aliphatic hydroxyl groups is 1. The number of hydrogen-bond donors (Lipinski definition) is 6. The topological polar surface area (TPSA) is 201 Å². The molecule has 0 spiro atoms. The van der Waals surface area contributed by atoms with E-state index >= 15 is 0 Å². The van der Waals surface area contributed by atoms with E-state index in [4.69, 9.17) is 11.5 Å². The lowest BCUT2D eigenvalue weighted by molar-refractivity contribution is -0.120. The number of nitrogens with two attached hydrogens (primary N) is 2. The maximum Gasteiger partial charge on any atom is 0.239 e. The summed E-state index contributed by atoms with van der Waals surface area (Å²) in [6, 6.07) is 11.7. The minimum Gasteiger partial charge on any atom is -0.394 e. The number of rotatable bonds is 13. The van der Waals surface area contributed by atoms with Crippen molar-refractivity contribution >= 4 is 33.3 Å². The molecule has 1 amide bonds. The Bertz CT molecular complexity index is 1150. The molecule has 12 nitrogen and oxygen atoms in total. The third-order valence-corrected chi connectivity index (χ3v) is 5.81. The van der Waals surface area contributed by atoms with Crippen molar-refractivity contribution in [3.8, 4) is 0 Å². The van der Waals surface area contributed by atoms with Crippen molar-refractivity contribution in [3.05, 3.63) is 76.8 Å². The molecule has 2 rings (SSSR count). The summed E-state index contributed by atoms with van der Waals surface area (Å²) in [6.45, 7) is 3.19. The van der Waals surface area contributed by atoms with Gasteiger partial charge in [0.1, 0.15) is 5.69 Å². The molecule has 34 heavy (non-hydrogen) atoms. The second-order valence-corrected chi connectivity index (χ2v) is 8.99. The first-order valence-corrected chi connectivity index (χ1v) is 11.7. The average molecular weight is 490 g/mol. The van der Waals surface area contributed by atoms with Crippen LogP contribution in [0.5, 0.6) is 0 Å². The zero-order valence-electron chi connectivity index (χ0n) is 18.3. The molecule has 0 heterocycles. The number of hydrogen-bond acceptors (Lipinski definition) is 8. The van der Waals surface area contributed by atoms with Crippen LogP contribution in [0.3, 0.4) is 0 Å². The molecule has 2 aromatic carbocycles. The Balaban J connectivity index is 1.83. The van der Waals surface area contributed by atoms with Crippen molar-refractivity contribution < 1.29 is 18.3 Å². The van der Waals surface area contributed by atoms with Gasteiger partial charge in [-0.05, 0) is 40.6 Å². The van der Waals surface area contributed by atoms with E-state index in [9.17, 15) is 23.2 Å². The molecule has 2 aromatic rings. The van der Waals surface area contributed by atoms with Crippen LogP contribution in [0, 0.1) is 4.91 Å². The van der Waals surface area contributed by atoms with Gasteiger partial charge in [0, 0.05) is 12.2 Å². The van der Waals surface area contributed by atoms with E-state index in [2.05, 4.69) is 32.1 Å². The van der Waals surface area contributed by atoms with E-state index < -0.39 is 28.4 Å². The highest BCUT2D eigenvalue weighted by Crippen LogP contribution is 2.16. The number of nitrogens with one attached hydrogen (secondary N) is 3. The van der Waals surface area contributed by atoms with E-state index in [1.807, 2.05) is 0 Å². The average Bonchev–Trinajstić information content (AvgIpc) is 2.80. The number of carbonyl (C=O) groups excluding carboxylic acids is 1. The third-order valence-electron chi connectivity index (χ3n) is 4.46. The van der Waals surface area contributed by atoms with Crippen LogP contribution in [0.15, 0.2) is 71.0 Å². The van der Waals surface area contributed by atoms with Gasteiger partial charge in [-0.25, -0.2) is 18.1 Å². The highest BCUT2D eigenvalue weighted by molar-refractivity contribution is 7.88. The van der Waals surface area contributed by atoms with Crippen LogP contribution < -0.4 is 26.8 Å². The van der Waals surface area contributed by atoms with Gasteiger partial charge in [0.2, 0.25) is 15.9 Å². The molecule has 0 saturated heterocycles.